The number of rotatable bonds is 5. The molecule has 2 aliphatic rings. The van der Waals surface area contributed by atoms with E-state index in [0.717, 1.165) is 68.1 Å². The van der Waals surface area contributed by atoms with Gasteiger partial charge in [-0.25, -0.2) is 9.97 Å². The number of H-pyrrole nitrogens is 1. The summed E-state index contributed by atoms with van der Waals surface area (Å²) in [6, 6.07) is 0.243. The van der Waals surface area contributed by atoms with Crippen LogP contribution in [0.25, 0.3) is 27.9 Å². The number of fused-ring (bicyclic) bond motifs is 2. The number of methoxy groups -OCH3 is 1. The lowest BCUT2D eigenvalue weighted by Crippen LogP contribution is -2.37. The van der Waals surface area contributed by atoms with Gasteiger partial charge >= 0.3 is 0 Å². The van der Waals surface area contributed by atoms with E-state index in [4.69, 9.17) is 9.72 Å². The first-order valence-electron chi connectivity index (χ1n) is 12.0. The minimum atomic E-state index is 0.154. The Morgan fingerprint density at radius 3 is 2.76 bits per heavy atom. The number of imidazole rings is 1. The fraction of sp³-hybridized carbons (Fsp3) is 0.458. The molecule has 2 fully saturated rings. The van der Waals surface area contributed by atoms with Gasteiger partial charge in [0.25, 0.3) is 0 Å². The van der Waals surface area contributed by atoms with Gasteiger partial charge in [0, 0.05) is 67.2 Å². The molecule has 10 heteroatoms. The van der Waals surface area contributed by atoms with Crippen LogP contribution in [0.3, 0.4) is 0 Å². The summed E-state index contributed by atoms with van der Waals surface area (Å²) < 4.78 is 7.53. The zero-order valence-corrected chi connectivity index (χ0v) is 19.2. The third-order valence-corrected chi connectivity index (χ3v) is 7.08. The molecule has 1 saturated heterocycles. The highest BCUT2D eigenvalue weighted by atomic mass is 16.5. The number of ether oxygens (including phenoxy) is 1. The molecule has 1 aliphatic heterocycles. The summed E-state index contributed by atoms with van der Waals surface area (Å²) >= 11 is 0. The van der Waals surface area contributed by atoms with Crippen LogP contribution in [-0.4, -0.2) is 66.4 Å². The van der Waals surface area contributed by atoms with Gasteiger partial charge in [-0.1, -0.05) is 0 Å². The van der Waals surface area contributed by atoms with Gasteiger partial charge in [-0.15, -0.1) is 0 Å². The summed E-state index contributed by atoms with van der Waals surface area (Å²) in [4.78, 5) is 36.0. The molecule has 4 aromatic heterocycles. The van der Waals surface area contributed by atoms with E-state index in [0.29, 0.717) is 29.2 Å². The van der Waals surface area contributed by atoms with Crippen LogP contribution < -0.4 is 10.1 Å². The summed E-state index contributed by atoms with van der Waals surface area (Å²) in [5.41, 5.74) is 2.54. The third-order valence-electron chi connectivity index (χ3n) is 7.08. The smallest absolute Gasteiger partial charge is 0.233 e. The molecule has 176 valence electrons. The van der Waals surface area contributed by atoms with Crippen LogP contribution in [0.2, 0.25) is 0 Å². The molecular weight excluding hydrogens is 432 g/mol. The van der Waals surface area contributed by atoms with Crippen molar-refractivity contribution in [1.82, 2.24) is 34.2 Å². The minimum Gasteiger partial charge on any atom is -0.480 e. The van der Waals surface area contributed by atoms with Gasteiger partial charge in [0.15, 0.2) is 0 Å². The van der Waals surface area contributed by atoms with E-state index in [9.17, 15) is 4.79 Å². The second-order valence-corrected chi connectivity index (χ2v) is 9.18. The van der Waals surface area contributed by atoms with Crippen molar-refractivity contribution in [3.63, 3.8) is 0 Å². The van der Waals surface area contributed by atoms with Crippen molar-refractivity contribution < 1.29 is 9.53 Å². The lowest BCUT2D eigenvalue weighted by atomic mass is 9.85. The number of nitrogens with one attached hydrogen (secondary N) is 2. The van der Waals surface area contributed by atoms with Gasteiger partial charge in [-0.05, 0) is 38.5 Å². The molecule has 0 unspecified atom stereocenters. The number of likely N-dealkylation sites (tertiary alicyclic amines) is 1. The molecule has 0 atom stereocenters. The molecule has 1 aliphatic carbocycles. The van der Waals surface area contributed by atoms with Crippen molar-refractivity contribution in [3.8, 4) is 17.0 Å². The van der Waals surface area contributed by atoms with Crippen LogP contribution in [0, 0.1) is 5.92 Å². The Morgan fingerprint density at radius 1 is 1.15 bits per heavy atom. The number of aromatic amines is 1. The van der Waals surface area contributed by atoms with Crippen molar-refractivity contribution in [1.29, 1.82) is 0 Å². The summed E-state index contributed by atoms with van der Waals surface area (Å²) in [5.74, 6) is 2.19. The second-order valence-electron chi connectivity index (χ2n) is 9.18. The number of anilines is 1. The molecule has 0 radical (unpaired) electrons. The molecule has 0 spiro atoms. The molecule has 5 heterocycles. The van der Waals surface area contributed by atoms with Crippen molar-refractivity contribution in [3.05, 3.63) is 31.0 Å². The summed E-state index contributed by atoms with van der Waals surface area (Å²) in [7, 11) is 1.62. The third kappa shape index (κ3) is 3.72. The second kappa shape index (κ2) is 8.58. The summed E-state index contributed by atoms with van der Waals surface area (Å²) in [6.07, 6.45) is 15.2. The quantitative estimate of drug-likeness (QED) is 0.470. The number of hydrogen-bond acceptors (Lipinski definition) is 7. The van der Waals surface area contributed by atoms with Gasteiger partial charge in [-0.3, -0.25) is 9.20 Å². The van der Waals surface area contributed by atoms with Crippen molar-refractivity contribution >= 4 is 28.7 Å². The normalized spacial score (nSPS) is 20.8. The number of amides is 1. The Balaban J connectivity index is 1.20. The first kappa shape index (κ1) is 20.9. The number of carbonyl (C=O) groups excluding carboxylic acids is 1. The van der Waals surface area contributed by atoms with Crippen LogP contribution in [0.4, 0.5) is 5.95 Å². The zero-order chi connectivity index (χ0) is 23.1. The largest absolute Gasteiger partial charge is 0.480 e. The standard InChI is InChI=1S/C24H28N8O2/c1-34-21-19-18(16-12-27-24-25-8-11-32(24)14-16)13-26-20(19)29-23(30-21)28-17-6-4-15(5-7-17)22(33)31-9-2-3-10-31/h8,11-15,17H,2-7,9-10H2,1H3,(H2,26,28,29,30). The molecule has 4 aromatic rings. The summed E-state index contributed by atoms with van der Waals surface area (Å²) in [6.45, 7) is 1.85. The van der Waals surface area contributed by atoms with Gasteiger partial charge in [0.05, 0.1) is 12.5 Å². The van der Waals surface area contributed by atoms with Crippen LogP contribution in [-0.2, 0) is 4.79 Å². The SMILES string of the molecule is COc1nc(NC2CCC(C(=O)N3CCCC3)CC2)nc2[nH]cc(-c3cnc4nccn4c3)c12. The molecule has 34 heavy (non-hydrogen) atoms. The number of hydrogen-bond donors (Lipinski definition) is 2. The highest BCUT2D eigenvalue weighted by Crippen LogP contribution is 2.35. The number of aromatic nitrogens is 6. The number of nitrogens with zero attached hydrogens (tertiary/aromatic N) is 6. The van der Waals surface area contributed by atoms with Gasteiger partial charge < -0.3 is 19.9 Å². The van der Waals surface area contributed by atoms with E-state index >= 15 is 0 Å². The van der Waals surface area contributed by atoms with Gasteiger partial charge in [-0.2, -0.15) is 9.97 Å². The van der Waals surface area contributed by atoms with Crippen molar-refractivity contribution in [2.45, 2.75) is 44.6 Å². The maximum atomic E-state index is 12.7. The maximum absolute atomic E-state index is 12.7. The Morgan fingerprint density at radius 2 is 1.97 bits per heavy atom. The van der Waals surface area contributed by atoms with Crippen LogP contribution >= 0.6 is 0 Å². The first-order valence-corrected chi connectivity index (χ1v) is 12.0. The maximum Gasteiger partial charge on any atom is 0.233 e. The average molecular weight is 461 g/mol. The van der Waals surface area contributed by atoms with Crippen LogP contribution in [0.1, 0.15) is 38.5 Å². The Kier molecular flexibility index (Phi) is 5.27. The molecule has 0 bridgehead atoms. The lowest BCUT2D eigenvalue weighted by Gasteiger charge is -2.30. The monoisotopic (exact) mass is 460 g/mol. The van der Waals surface area contributed by atoms with Crippen molar-refractivity contribution in [2.75, 3.05) is 25.5 Å². The van der Waals surface area contributed by atoms with E-state index in [1.54, 1.807) is 19.5 Å². The van der Waals surface area contributed by atoms with E-state index < -0.39 is 0 Å². The predicted octanol–water partition coefficient (Wildman–Crippen LogP) is 3.27. The first-order chi connectivity index (χ1) is 16.7. The van der Waals surface area contributed by atoms with Crippen LogP contribution in [0.5, 0.6) is 5.88 Å². The predicted molar refractivity (Wildman–Crippen MR) is 128 cm³/mol. The Bertz CT molecular complexity index is 1330. The summed E-state index contributed by atoms with van der Waals surface area (Å²) in [5, 5.41) is 4.29. The average Bonchev–Trinajstić information content (AvgIpc) is 3.64. The van der Waals surface area contributed by atoms with Crippen LogP contribution in [0.15, 0.2) is 31.0 Å². The molecule has 10 nitrogen and oxygen atoms in total. The van der Waals surface area contributed by atoms with Crippen molar-refractivity contribution in [2.24, 2.45) is 5.92 Å². The van der Waals surface area contributed by atoms with E-state index in [-0.39, 0.29) is 12.0 Å². The van der Waals surface area contributed by atoms with Gasteiger partial charge in [0.2, 0.25) is 23.5 Å². The molecule has 1 saturated carbocycles. The van der Waals surface area contributed by atoms with E-state index in [2.05, 4.69) is 25.3 Å². The highest BCUT2D eigenvalue weighted by molar-refractivity contribution is 5.97. The zero-order valence-electron chi connectivity index (χ0n) is 19.2. The highest BCUT2D eigenvalue weighted by Gasteiger charge is 2.31. The molecule has 6 rings (SSSR count). The molecule has 2 N–H and O–H groups in total. The topological polar surface area (TPSA) is 113 Å². The molecular formula is C24H28N8O2. The fourth-order valence-electron chi connectivity index (χ4n) is 5.26. The van der Waals surface area contributed by atoms with E-state index in [1.807, 2.05) is 27.9 Å². The Labute approximate surface area is 196 Å². The Hall–Kier alpha value is -3.69. The van der Waals surface area contributed by atoms with Gasteiger partial charge in [0.1, 0.15) is 5.65 Å². The van der Waals surface area contributed by atoms with E-state index in [1.165, 1.54) is 0 Å². The molecule has 0 aromatic carbocycles. The lowest BCUT2D eigenvalue weighted by molar-refractivity contribution is -0.135. The molecule has 1 amide bonds. The number of carbonyl (C=O) groups is 1. The minimum absolute atomic E-state index is 0.154. The fourth-order valence-corrected chi connectivity index (χ4v) is 5.26.